The van der Waals surface area contributed by atoms with Crippen molar-refractivity contribution >= 4 is 35.5 Å². The van der Waals surface area contributed by atoms with Gasteiger partial charge in [-0.2, -0.15) is 0 Å². The van der Waals surface area contributed by atoms with Crippen LogP contribution in [0.4, 0.5) is 0 Å². The van der Waals surface area contributed by atoms with E-state index in [-0.39, 0.29) is 24.0 Å². The molecule has 1 aromatic rings. The van der Waals surface area contributed by atoms with Crippen molar-refractivity contribution in [2.24, 2.45) is 5.73 Å². The number of nitrogens with two attached hydrogens (primary N) is 1. The van der Waals surface area contributed by atoms with Crippen LogP contribution >= 0.6 is 0 Å². The number of amides is 5. The van der Waals surface area contributed by atoms with Crippen LogP contribution in [0.5, 0.6) is 0 Å². The lowest BCUT2D eigenvalue weighted by Gasteiger charge is -2.34. The van der Waals surface area contributed by atoms with E-state index in [4.69, 9.17) is 10.5 Å². The summed E-state index contributed by atoms with van der Waals surface area (Å²) in [6.07, 6.45) is -0.132. The second kappa shape index (κ2) is 8.64. The molecule has 11 nitrogen and oxygen atoms in total. The molecule has 0 radical (unpaired) electrons. The lowest BCUT2D eigenvalue weighted by molar-refractivity contribution is -0.165. The molecule has 31 heavy (non-hydrogen) atoms. The predicted molar refractivity (Wildman–Crippen MR) is 104 cm³/mol. The Balaban J connectivity index is 1.68. The van der Waals surface area contributed by atoms with Gasteiger partial charge in [0.15, 0.2) is 6.73 Å². The van der Waals surface area contributed by atoms with Crippen molar-refractivity contribution in [2.75, 3.05) is 6.73 Å². The number of imide groups is 2. The first kappa shape index (κ1) is 22.1. The third kappa shape index (κ3) is 4.17. The van der Waals surface area contributed by atoms with Crippen molar-refractivity contribution < 1.29 is 33.5 Å². The molecular weight excluding hydrogens is 408 g/mol. The van der Waals surface area contributed by atoms with Gasteiger partial charge in [0.1, 0.15) is 12.1 Å². The Kier molecular flexibility index (Phi) is 6.16. The van der Waals surface area contributed by atoms with Crippen LogP contribution in [0.3, 0.4) is 0 Å². The molecule has 11 heteroatoms. The number of ether oxygens (including phenoxy) is 1. The number of esters is 1. The first-order valence-electron chi connectivity index (χ1n) is 9.67. The van der Waals surface area contributed by atoms with Gasteiger partial charge in [-0.05, 0) is 32.4 Å². The van der Waals surface area contributed by atoms with Crippen molar-refractivity contribution in [1.29, 1.82) is 0 Å². The number of hydrogen-bond donors (Lipinski definition) is 2. The molecule has 1 aromatic carbocycles. The molecule has 3 N–H and O–H groups in total. The van der Waals surface area contributed by atoms with Crippen molar-refractivity contribution in [1.82, 2.24) is 15.1 Å². The van der Waals surface area contributed by atoms with Crippen LogP contribution < -0.4 is 11.1 Å². The van der Waals surface area contributed by atoms with Gasteiger partial charge in [-0.1, -0.05) is 12.1 Å². The minimum atomic E-state index is -1.18. The molecule has 0 aromatic heterocycles. The Morgan fingerprint density at radius 1 is 1.13 bits per heavy atom. The maximum Gasteiger partial charge on any atom is 0.330 e. The van der Waals surface area contributed by atoms with E-state index in [0.29, 0.717) is 4.90 Å². The molecule has 164 valence electrons. The molecule has 1 fully saturated rings. The van der Waals surface area contributed by atoms with E-state index in [2.05, 4.69) is 5.32 Å². The van der Waals surface area contributed by atoms with Gasteiger partial charge in [0.2, 0.25) is 11.8 Å². The summed E-state index contributed by atoms with van der Waals surface area (Å²) in [5.74, 6) is -4.09. The fourth-order valence-electron chi connectivity index (χ4n) is 3.34. The van der Waals surface area contributed by atoms with Gasteiger partial charge >= 0.3 is 5.97 Å². The Morgan fingerprint density at radius 2 is 1.71 bits per heavy atom. The first-order valence-corrected chi connectivity index (χ1v) is 9.67. The molecule has 0 bridgehead atoms. The molecule has 0 aliphatic carbocycles. The molecular formula is C20H22N4O7. The van der Waals surface area contributed by atoms with E-state index in [1.807, 2.05) is 0 Å². The van der Waals surface area contributed by atoms with Gasteiger partial charge in [0.05, 0.1) is 17.2 Å². The summed E-state index contributed by atoms with van der Waals surface area (Å²) in [5, 5.41) is 2.34. The van der Waals surface area contributed by atoms with E-state index < -0.39 is 60.4 Å². The van der Waals surface area contributed by atoms with Gasteiger partial charge in [-0.15, -0.1) is 0 Å². The second-order valence-corrected chi connectivity index (χ2v) is 7.35. The van der Waals surface area contributed by atoms with Crippen molar-refractivity contribution in [3.8, 4) is 0 Å². The first-order chi connectivity index (χ1) is 14.6. The quantitative estimate of drug-likeness (QED) is 0.437. The maximum absolute atomic E-state index is 12.9. The molecule has 0 saturated carbocycles. The molecule has 2 aliphatic rings. The van der Waals surface area contributed by atoms with Crippen molar-refractivity contribution in [3.05, 3.63) is 35.4 Å². The minimum Gasteiger partial charge on any atom is -0.442 e. The van der Waals surface area contributed by atoms with Crippen LogP contribution in [0.2, 0.25) is 0 Å². The highest BCUT2D eigenvalue weighted by molar-refractivity contribution is 6.23. The van der Waals surface area contributed by atoms with Gasteiger partial charge in [-0.25, -0.2) is 9.69 Å². The minimum absolute atomic E-state index is 0.0194. The summed E-state index contributed by atoms with van der Waals surface area (Å²) in [4.78, 5) is 75.7. The molecule has 0 spiro atoms. The fraction of sp³-hybridized carbons (Fsp3) is 0.400. The highest BCUT2D eigenvalue weighted by Crippen LogP contribution is 2.28. The average molecular weight is 430 g/mol. The highest BCUT2D eigenvalue weighted by Gasteiger charge is 2.47. The predicted octanol–water partition coefficient (Wildman–Crippen LogP) is -0.847. The van der Waals surface area contributed by atoms with E-state index in [9.17, 15) is 28.8 Å². The number of carbonyl (C=O) groups is 6. The molecule has 3 rings (SSSR count). The second-order valence-electron chi connectivity index (χ2n) is 7.35. The van der Waals surface area contributed by atoms with Crippen LogP contribution in [-0.4, -0.2) is 70.2 Å². The number of piperidine rings is 1. The average Bonchev–Trinajstić information content (AvgIpc) is 2.98. The molecule has 1 unspecified atom stereocenters. The Labute approximate surface area is 177 Å². The highest BCUT2D eigenvalue weighted by atomic mass is 16.5. The van der Waals surface area contributed by atoms with Crippen molar-refractivity contribution in [2.45, 2.75) is 44.8 Å². The zero-order chi connectivity index (χ0) is 22.9. The Morgan fingerprint density at radius 3 is 2.26 bits per heavy atom. The van der Waals surface area contributed by atoms with E-state index in [0.717, 1.165) is 4.90 Å². The monoisotopic (exact) mass is 430 g/mol. The summed E-state index contributed by atoms with van der Waals surface area (Å²) in [6.45, 7) is 2.11. The molecule has 3 atom stereocenters. The number of benzene rings is 1. The lowest BCUT2D eigenvalue weighted by atomic mass is 10.0. The van der Waals surface area contributed by atoms with Crippen LogP contribution in [0.25, 0.3) is 0 Å². The third-order valence-electron chi connectivity index (χ3n) is 5.08. The summed E-state index contributed by atoms with van der Waals surface area (Å²) in [5.41, 5.74) is 5.80. The van der Waals surface area contributed by atoms with E-state index in [1.165, 1.54) is 26.0 Å². The Hall–Kier alpha value is -3.60. The largest absolute Gasteiger partial charge is 0.442 e. The van der Waals surface area contributed by atoms with Crippen LogP contribution in [0.15, 0.2) is 24.3 Å². The van der Waals surface area contributed by atoms with Crippen LogP contribution in [-0.2, 0) is 23.9 Å². The third-order valence-corrected chi connectivity index (χ3v) is 5.08. The van der Waals surface area contributed by atoms with Gasteiger partial charge in [0, 0.05) is 6.42 Å². The number of likely N-dealkylation sites (tertiary alicyclic amines) is 1. The summed E-state index contributed by atoms with van der Waals surface area (Å²) in [7, 11) is 0. The van der Waals surface area contributed by atoms with Crippen molar-refractivity contribution in [3.63, 3.8) is 0 Å². The van der Waals surface area contributed by atoms with Gasteiger partial charge in [-0.3, -0.25) is 28.9 Å². The number of hydrogen-bond acceptors (Lipinski definition) is 8. The summed E-state index contributed by atoms with van der Waals surface area (Å²) >= 11 is 0. The number of nitrogens with zero attached hydrogens (tertiary/aromatic N) is 2. The van der Waals surface area contributed by atoms with Gasteiger partial charge < -0.3 is 15.8 Å². The number of carbonyl (C=O) groups excluding carboxylic acids is 6. The summed E-state index contributed by atoms with van der Waals surface area (Å²) < 4.78 is 4.99. The Bertz CT molecular complexity index is 939. The summed E-state index contributed by atoms with van der Waals surface area (Å²) in [6, 6.07) is 3.13. The maximum atomic E-state index is 12.9. The zero-order valence-electron chi connectivity index (χ0n) is 17.0. The number of rotatable bonds is 6. The smallest absolute Gasteiger partial charge is 0.330 e. The topological polar surface area (TPSA) is 156 Å². The normalized spacial score (nSPS) is 20.4. The SMILES string of the molecule is CC(N)C(=O)N[C@@H](C)C(=O)OCN1C(=O)CC[C@H](N2C(=O)c3ccccc3C2=O)C1=O. The number of fused-ring (bicyclic) bond motifs is 1. The molecule has 2 aliphatic heterocycles. The lowest BCUT2D eigenvalue weighted by Crippen LogP contribution is -2.57. The van der Waals surface area contributed by atoms with E-state index in [1.54, 1.807) is 12.1 Å². The van der Waals surface area contributed by atoms with Crippen LogP contribution in [0, 0.1) is 0 Å². The van der Waals surface area contributed by atoms with Gasteiger partial charge in [0.25, 0.3) is 17.7 Å². The standard InChI is InChI=1S/C20H22N4O7/c1-10(21)16(26)22-11(2)20(30)31-9-23-15(25)8-7-14(19(23)29)24-17(27)12-5-3-4-6-13(12)18(24)28/h3-6,10-11,14H,7-9,21H2,1-2H3,(H,22,26)/t10?,11-,14-/m0/s1. The number of nitrogens with one attached hydrogen (secondary N) is 1. The van der Waals surface area contributed by atoms with Crippen LogP contribution in [0.1, 0.15) is 47.4 Å². The molecule has 1 saturated heterocycles. The van der Waals surface area contributed by atoms with E-state index >= 15 is 0 Å². The molecule has 2 heterocycles. The molecule has 5 amide bonds. The zero-order valence-corrected chi connectivity index (χ0v) is 17.0. The fourth-order valence-corrected chi connectivity index (χ4v) is 3.34.